The Morgan fingerprint density at radius 2 is 1.93 bits per heavy atom. The van der Waals surface area contributed by atoms with Crippen LogP contribution in [0.25, 0.3) is 5.52 Å². The van der Waals surface area contributed by atoms with Crippen molar-refractivity contribution in [3.8, 4) is 17.6 Å². The monoisotopic (exact) mass is 618 g/mol. The molecular weight excluding hydrogens is 581 g/mol. The molecule has 0 bridgehead atoms. The van der Waals surface area contributed by atoms with Crippen molar-refractivity contribution >= 4 is 34.7 Å². The fourth-order valence-electron chi connectivity index (χ4n) is 5.03. The largest absolute Gasteiger partial charge is 0.495 e. The van der Waals surface area contributed by atoms with Gasteiger partial charge in [0.1, 0.15) is 17.3 Å². The molecule has 232 valence electrons. The Labute approximate surface area is 253 Å². The third-order valence-corrected chi connectivity index (χ3v) is 7.93. The molecule has 1 aromatic carbocycles. The number of pyridine rings is 1. The number of carbonyl (C=O) groups is 1. The lowest BCUT2D eigenvalue weighted by Gasteiger charge is -2.42. The van der Waals surface area contributed by atoms with Gasteiger partial charge >= 0.3 is 5.51 Å². The normalized spacial score (nSPS) is 15.5. The third-order valence-electron chi connectivity index (χ3n) is 7.09. The highest BCUT2D eigenvalue weighted by molar-refractivity contribution is 8.00. The van der Waals surface area contributed by atoms with Gasteiger partial charge in [-0.2, -0.15) is 18.3 Å². The average molecular weight is 619 g/mol. The van der Waals surface area contributed by atoms with E-state index >= 15 is 0 Å². The molecule has 1 fully saturated rings. The van der Waals surface area contributed by atoms with Crippen LogP contribution >= 0.6 is 11.8 Å². The van der Waals surface area contributed by atoms with Crippen LogP contribution in [0, 0.1) is 11.8 Å². The predicted molar refractivity (Wildman–Crippen MR) is 163 cm³/mol. The number of anilines is 2. The lowest BCUT2D eigenvalue weighted by Crippen LogP contribution is -2.50. The van der Waals surface area contributed by atoms with E-state index in [1.54, 1.807) is 50.2 Å². The summed E-state index contributed by atoms with van der Waals surface area (Å²) in [4.78, 5) is 14.2. The zero-order chi connectivity index (χ0) is 31.4. The van der Waals surface area contributed by atoms with Crippen molar-refractivity contribution in [2.45, 2.75) is 55.2 Å². The van der Waals surface area contributed by atoms with Gasteiger partial charge in [0.25, 0.3) is 5.91 Å². The standard InChI is InChI=1S/C30H37F3N6O3S/c1-28(2,41)19-38-16-13-29(3,14-17-38)36-25-10-6-9-23-26(43-30(31,32)33)21(37-39(23)25)8-7-15-35-22-18-20(27(40)34-4)11-12-24(22)42-5/h6,9-12,18,35-36,41H,13-17,19H2,1-5H3,(H,34,40). The highest BCUT2D eigenvalue weighted by Crippen LogP contribution is 2.41. The number of nitrogens with one attached hydrogen (secondary N) is 3. The number of piperidine rings is 1. The molecule has 1 amide bonds. The molecule has 1 saturated heterocycles. The number of rotatable bonds is 9. The number of aliphatic hydroxyl groups is 1. The topological polar surface area (TPSA) is 103 Å². The summed E-state index contributed by atoms with van der Waals surface area (Å²) < 4.78 is 47.7. The molecule has 1 aliphatic heterocycles. The number of hydrogen-bond acceptors (Lipinski definition) is 8. The third kappa shape index (κ3) is 8.49. The quantitative estimate of drug-likeness (QED) is 0.200. The molecule has 0 spiro atoms. The number of hydrogen-bond donors (Lipinski definition) is 4. The molecule has 4 rings (SSSR count). The number of methoxy groups -OCH3 is 1. The van der Waals surface area contributed by atoms with E-state index in [9.17, 15) is 23.1 Å². The molecule has 2 aromatic heterocycles. The lowest BCUT2D eigenvalue weighted by molar-refractivity contribution is -0.0328. The number of amides is 1. The number of fused-ring (bicyclic) bond motifs is 1. The zero-order valence-electron chi connectivity index (χ0n) is 24.9. The van der Waals surface area contributed by atoms with E-state index in [1.807, 2.05) is 0 Å². The Balaban J connectivity index is 1.58. The van der Waals surface area contributed by atoms with Crippen LogP contribution in [-0.2, 0) is 0 Å². The summed E-state index contributed by atoms with van der Waals surface area (Å²) in [5, 5.41) is 23.8. The number of ether oxygens (including phenoxy) is 1. The predicted octanol–water partition coefficient (Wildman–Crippen LogP) is 4.82. The maximum Gasteiger partial charge on any atom is 0.446 e. The molecule has 0 atom stereocenters. The van der Waals surface area contributed by atoms with E-state index in [4.69, 9.17) is 4.74 Å². The fourth-order valence-corrected chi connectivity index (χ4v) is 5.70. The molecule has 13 heteroatoms. The highest BCUT2D eigenvalue weighted by Gasteiger charge is 2.35. The summed E-state index contributed by atoms with van der Waals surface area (Å²) in [6, 6.07) is 9.98. The Morgan fingerprint density at radius 3 is 2.56 bits per heavy atom. The van der Waals surface area contributed by atoms with Gasteiger partial charge in [-0.05, 0) is 81.6 Å². The number of halogens is 3. The van der Waals surface area contributed by atoms with Crippen LogP contribution in [0.3, 0.4) is 0 Å². The van der Waals surface area contributed by atoms with Gasteiger partial charge in [0.05, 0.1) is 35.4 Å². The number of benzene rings is 1. The summed E-state index contributed by atoms with van der Waals surface area (Å²) in [6.07, 6.45) is 1.57. The minimum absolute atomic E-state index is 0.00889. The lowest BCUT2D eigenvalue weighted by atomic mass is 9.89. The first-order valence-electron chi connectivity index (χ1n) is 13.8. The van der Waals surface area contributed by atoms with Gasteiger partial charge in [-0.15, -0.1) is 0 Å². The second-order valence-electron chi connectivity index (χ2n) is 11.4. The van der Waals surface area contributed by atoms with E-state index in [1.165, 1.54) is 18.7 Å². The number of carbonyl (C=O) groups excluding carboxylic acids is 1. The summed E-state index contributed by atoms with van der Waals surface area (Å²) in [7, 11) is 3.02. The van der Waals surface area contributed by atoms with Crippen LogP contribution in [0.15, 0.2) is 41.3 Å². The van der Waals surface area contributed by atoms with Gasteiger partial charge < -0.3 is 30.7 Å². The minimum atomic E-state index is -4.53. The SMILES string of the molecule is CNC(=O)c1ccc(OC)c(NCC#Cc2nn3c(NC4(C)CCN(CC(C)(C)O)CC4)cccc3c2SC(F)(F)F)c1. The average Bonchev–Trinajstić information content (AvgIpc) is 3.27. The highest BCUT2D eigenvalue weighted by atomic mass is 32.2. The van der Waals surface area contributed by atoms with Crippen molar-refractivity contribution < 1.29 is 27.8 Å². The van der Waals surface area contributed by atoms with Crippen molar-refractivity contribution in [2.75, 3.05) is 51.0 Å². The molecule has 9 nitrogen and oxygen atoms in total. The smallest absolute Gasteiger partial charge is 0.446 e. The van der Waals surface area contributed by atoms with Crippen molar-refractivity contribution in [2.24, 2.45) is 0 Å². The molecule has 0 radical (unpaired) electrons. The Kier molecular flexibility index (Phi) is 9.73. The summed E-state index contributed by atoms with van der Waals surface area (Å²) in [6.45, 7) is 7.85. The van der Waals surface area contributed by atoms with E-state index < -0.39 is 11.1 Å². The van der Waals surface area contributed by atoms with Crippen molar-refractivity contribution in [3.05, 3.63) is 47.7 Å². The van der Waals surface area contributed by atoms with Gasteiger partial charge in [0, 0.05) is 37.8 Å². The second-order valence-corrected chi connectivity index (χ2v) is 12.4. The summed E-state index contributed by atoms with van der Waals surface area (Å²) >= 11 is -0.238. The molecule has 4 N–H and O–H groups in total. The van der Waals surface area contributed by atoms with Gasteiger partial charge in [-0.3, -0.25) is 4.79 Å². The summed E-state index contributed by atoms with van der Waals surface area (Å²) in [5.41, 5.74) is -4.39. The van der Waals surface area contributed by atoms with Crippen molar-refractivity contribution in [1.29, 1.82) is 0 Å². The Hall–Kier alpha value is -3.60. The molecule has 1 aliphatic rings. The first-order valence-corrected chi connectivity index (χ1v) is 14.7. The number of likely N-dealkylation sites (tertiary alicyclic amines) is 1. The van der Waals surface area contributed by atoms with Gasteiger partial charge in [-0.1, -0.05) is 12.0 Å². The maximum atomic E-state index is 13.6. The van der Waals surface area contributed by atoms with E-state index in [2.05, 4.69) is 44.7 Å². The number of β-amino-alcohol motifs (C(OH)–C–C–N with tert-alkyl or cyclic N) is 1. The first-order chi connectivity index (χ1) is 20.2. The van der Waals surface area contributed by atoms with Crippen LogP contribution in [0.1, 0.15) is 49.7 Å². The molecule has 0 aliphatic carbocycles. The van der Waals surface area contributed by atoms with Crippen LogP contribution in [-0.4, -0.2) is 82.5 Å². The van der Waals surface area contributed by atoms with Crippen LogP contribution < -0.4 is 20.7 Å². The van der Waals surface area contributed by atoms with Gasteiger partial charge in [0.15, 0.2) is 0 Å². The van der Waals surface area contributed by atoms with Crippen molar-refractivity contribution in [1.82, 2.24) is 19.8 Å². The van der Waals surface area contributed by atoms with Crippen LogP contribution in [0.5, 0.6) is 5.75 Å². The molecule has 0 saturated carbocycles. The van der Waals surface area contributed by atoms with E-state index in [-0.39, 0.29) is 40.3 Å². The molecule has 3 heterocycles. The first kappa shape index (κ1) is 32.3. The number of alkyl halides is 3. The Morgan fingerprint density at radius 1 is 1.21 bits per heavy atom. The summed E-state index contributed by atoms with van der Waals surface area (Å²) in [5.74, 6) is 6.46. The number of nitrogens with zero attached hydrogens (tertiary/aromatic N) is 3. The van der Waals surface area contributed by atoms with Crippen LogP contribution in [0.4, 0.5) is 24.7 Å². The van der Waals surface area contributed by atoms with E-state index in [0.29, 0.717) is 34.9 Å². The van der Waals surface area contributed by atoms with Crippen molar-refractivity contribution in [3.63, 3.8) is 0 Å². The molecule has 43 heavy (non-hydrogen) atoms. The second kappa shape index (κ2) is 13.0. The molecular formula is C30H37F3N6O3S. The minimum Gasteiger partial charge on any atom is -0.495 e. The van der Waals surface area contributed by atoms with E-state index in [0.717, 1.165) is 25.9 Å². The Bertz CT molecular complexity index is 1520. The number of thioether (sulfide) groups is 1. The molecule has 0 unspecified atom stereocenters. The van der Waals surface area contributed by atoms with Gasteiger partial charge in [0.2, 0.25) is 0 Å². The molecule has 3 aromatic rings. The van der Waals surface area contributed by atoms with Crippen LogP contribution in [0.2, 0.25) is 0 Å². The fraction of sp³-hybridized carbons (Fsp3) is 0.467. The number of aromatic nitrogens is 2. The van der Waals surface area contributed by atoms with Gasteiger partial charge in [-0.25, -0.2) is 4.52 Å². The maximum absolute atomic E-state index is 13.6. The zero-order valence-corrected chi connectivity index (χ0v) is 25.7.